The summed E-state index contributed by atoms with van der Waals surface area (Å²) in [5.74, 6) is -0.299. The highest BCUT2D eigenvalue weighted by Crippen LogP contribution is 2.26. The van der Waals surface area contributed by atoms with E-state index in [1.807, 2.05) is 0 Å². The molecule has 1 amide bonds. The summed E-state index contributed by atoms with van der Waals surface area (Å²) in [6.45, 7) is 0. The van der Waals surface area contributed by atoms with Crippen molar-refractivity contribution in [2.24, 2.45) is 0 Å². The fraction of sp³-hybridized carbons (Fsp3) is 0.0833. The maximum Gasteiger partial charge on any atom is 0.229 e. The van der Waals surface area contributed by atoms with Gasteiger partial charge in [-0.25, -0.2) is 9.97 Å². The van der Waals surface area contributed by atoms with Gasteiger partial charge in [-0.15, -0.1) is 0 Å². The lowest BCUT2D eigenvalue weighted by Gasteiger charge is -2.08. The van der Waals surface area contributed by atoms with Crippen molar-refractivity contribution >= 4 is 46.4 Å². The second kappa shape index (κ2) is 6.19. The van der Waals surface area contributed by atoms with Crippen LogP contribution in [0.4, 0.5) is 5.69 Å². The summed E-state index contributed by atoms with van der Waals surface area (Å²) in [6, 6.07) is 7.09. The topological polar surface area (TPSA) is 54.9 Å². The lowest BCUT2D eigenvalue weighted by atomic mass is 10.1. The number of hydrogen-bond acceptors (Lipinski definition) is 3. The smallest absolute Gasteiger partial charge is 0.229 e. The molecule has 0 aliphatic rings. The molecule has 0 aliphatic heterocycles. The van der Waals surface area contributed by atoms with E-state index in [0.29, 0.717) is 10.6 Å². The van der Waals surface area contributed by atoms with Gasteiger partial charge in [0.15, 0.2) is 10.3 Å². The lowest BCUT2D eigenvalue weighted by molar-refractivity contribution is -0.115. The fourth-order valence-electron chi connectivity index (χ4n) is 1.45. The van der Waals surface area contributed by atoms with Crippen LogP contribution in [0.2, 0.25) is 15.3 Å². The highest BCUT2D eigenvalue weighted by atomic mass is 35.5. The molecule has 7 heteroatoms. The summed E-state index contributed by atoms with van der Waals surface area (Å²) in [4.78, 5) is 19.4. The number of nitrogens with zero attached hydrogens (tertiary/aromatic N) is 2. The Morgan fingerprint density at radius 3 is 2.37 bits per heavy atom. The Bertz CT molecular complexity index is 599. The van der Waals surface area contributed by atoms with Gasteiger partial charge >= 0.3 is 0 Å². The van der Waals surface area contributed by atoms with E-state index >= 15 is 0 Å². The first-order valence-electron chi connectivity index (χ1n) is 5.27. The molecule has 2 rings (SSSR count). The summed E-state index contributed by atoms with van der Waals surface area (Å²) in [7, 11) is 0. The van der Waals surface area contributed by atoms with E-state index in [1.54, 1.807) is 24.3 Å². The number of hydrogen-bond donors (Lipinski definition) is 1. The molecule has 1 aromatic heterocycles. The average Bonchev–Trinajstić information content (AvgIpc) is 2.37. The monoisotopic (exact) mass is 315 g/mol. The van der Waals surface area contributed by atoms with Gasteiger partial charge in [0.25, 0.3) is 0 Å². The fourth-order valence-corrected chi connectivity index (χ4v) is 2.06. The number of aromatic nitrogens is 2. The number of carbonyl (C=O) groups is 1. The summed E-state index contributed by atoms with van der Waals surface area (Å²) < 4.78 is 0. The number of halogens is 3. The quantitative estimate of drug-likeness (QED) is 0.880. The Morgan fingerprint density at radius 1 is 1.11 bits per heavy atom. The van der Waals surface area contributed by atoms with Crippen LogP contribution in [-0.4, -0.2) is 15.9 Å². The van der Waals surface area contributed by atoms with Gasteiger partial charge in [-0.3, -0.25) is 4.79 Å². The van der Waals surface area contributed by atoms with E-state index in [9.17, 15) is 4.79 Å². The SMILES string of the molecule is O=C(Cc1ccccc1Cl)Nc1c(Cl)ncnc1Cl. The molecular formula is C12H8Cl3N3O. The van der Waals surface area contributed by atoms with E-state index in [0.717, 1.165) is 0 Å². The molecule has 2 aromatic rings. The van der Waals surface area contributed by atoms with Crippen LogP contribution < -0.4 is 5.32 Å². The number of amides is 1. The molecule has 0 atom stereocenters. The van der Waals surface area contributed by atoms with Crippen LogP contribution in [0.5, 0.6) is 0 Å². The molecule has 0 bridgehead atoms. The number of rotatable bonds is 3. The second-order valence-electron chi connectivity index (χ2n) is 3.65. The van der Waals surface area contributed by atoms with Gasteiger partial charge in [-0.2, -0.15) is 0 Å². The van der Waals surface area contributed by atoms with E-state index in [1.165, 1.54) is 6.33 Å². The zero-order chi connectivity index (χ0) is 13.8. The Labute approximate surface area is 124 Å². The molecule has 0 aliphatic carbocycles. The Balaban J connectivity index is 2.12. The van der Waals surface area contributed by atoms with Crippen LogP contribution in [-0.2, 0) is 11.2 Å². The van der Waals surface area contributed by atoms with Crippen LogP contribution in [0.15, 0.2) is 30.6 Å². The summed E-state index contributed by atoms with van der Waals surface area (Å²) in [5.41, 5.74) is 0.911. The van der Waals surface area contributed by atoms with Crippen molar-refractivity contribution in [3.63, 3.8) is 0 Å². The van der Waals surface area contributed by atoms with Crippen molar-refractivity contribution in [1.82, 2.24) is 9.97 Å². The zero-order valence-electron chi connectivity index (χ0n) is 9.53. The summed E-state index contributed by atoms with van der Waals surface area (Å²) >= 11 is 17.6. The Hall–Kier alpha value is -1.36. The molecule has 0 fully saturated rings. The number of nitrogens with one attached hydrogen (secondary N) is 1. The van der Waals surface area contributed by atoms with Crippen molar-refractivity contribution in [3.8, 4) is 0 Å². The average molecular weight is 317 g/mol. The maximum absolute atomic E-state index is 11.9. The van der Waals surface area contributed by atoms with Crippen molar-refractivity contribution in [2.75, 3.05) is 5.32 Å². The largest absolute Gasteiger partial charge is 0.321 e. The molecule has 1 heterocycles. The summed E-state index contributed by atoms with van der Waals surface area (Å²) in [6.07, 6.45) is 1.33. The van der Waals surface area contributed by atoms with Gasteiger partial charge in [0.1, 0.15) is 12.0 Å². The highest BCUT2D eigenvalue weighted by molar-refractivity contribution is 6.38. The molecule has 0 saturated heterocycles. The molecule has 1 N–H and O–H groups in total. The van der Waals surface area contributed by atoms with Crippen molar-refractivity contribution < 1.29 is 4.79 Å². The predicted molar refractivity (Wildman–Crippen MR) is 75.8 cm³/mol. The first kappa shape index (κ1) is 14.1. The van der Waals surface area contributed by atoms with Crippen LogP contribution in [0.25, 0.3) is 0 Å². The van der Waals surface area contributed by atoms with E-state index in [4.69, 9.17) is 34.8 Å². The maximum atomic E-state index is 11.9. The minimum absolute atomic E-state index is 0.0903. The molecule has 98 valence electrons. The Kier molecular flexibility index (Phi) is 4.58. The molecular weight excluding hydrogens is 309 g/mol. The third kappa shape index (κ3) is 3.56. The van der Waals surface area contributed by atoms with Crippen molar-refractivity contribution in [3.05, 3.63) is 51.5 Å². The van der Waals surface area contributed by atoms with Gasteiger partial charge in [0.05, 0.1) is 6.42 Å². The van der Waals surface area contributed by atoms with Gasteiger partial charge < -0.3 is 5.32 Å². The van der Waals surface area contributed by atoms with Gasteiger partial charge in [-0.05, 0) is 11.6 Å². The molecule has 19 heavy (non-hydrogen) atoms. The summed E-state index contributed by atoms with van der Waals surface area (Å²) in [5, 5.41) is 3.28. The normalized spacial score (nSPS) is 10.3. The Morgan fingerprint density at radius 2 is 1.74 bits per heavy atom. The van der Waals surface area contributed by atoms with Gasteiger partial charge in [-0.1, -0.05) is 53.0 Å². The van der Waals surface area contributed by atoms with Gasteiger partial charge in [0, 0.05) is 5.02 Å². The highest BCUT2D eigenvalue weighted by Gasteiger charge is 2.13. The number of benzene rings is 1. The second-order valence-corrected chi connectivity index (χ2v) is 4.77. The number of carbonyl (C=O) groups excluding carboxylic acids is 1. The van der Waals surface area contributed by atoms with Crippen LogP contribution in [0, 0.1) is 0 Å². The van der Waals surface area contributed by atoms with Crippen LogP contribution in [0.3, 0.4) is 0 Å². The molecule has 0 unspecified atom stereocenters. The predicted octanol–water partition coefficient (Wildman–Crippen LogP) is 3.62. The standard InChI is InChI=1S/C12H8Cl3N3O/c13-8-4-2-1-3-7(8)5-9(19)18-10-11(14)16-6-17-12(10)15/h1-4,6H,5H2,(H,18,19). The zero-order valence-corrected chi connectivity index (χ0v) is 11.8. The lowest BCUT2D eigenvalue weighted by Crippen LogP contribution is -2.15. The molecule has 1 aromatic carbocycles. The minimum Gasteiger partial charge on any atom is -0.321 e. The first-order chi connectivity index (χ1) is 9.08. The molecule has 0 radical (unpaired) electrons. The van der Waals surface area contributed by atoms with Crippen LogP contribution >= 0.6 is 34.8 Å². The van der Waals surface area contributed by atoms with Crippen molar-refractivity contribution in [1.29, 1.82) is 0 Å². The first-order valence-corrected chi connectivity index (χ1v) is 6.40. The van der Waals surface area contributed by atoms with Crippen LogP contribution in [0.1, 0.15) is 5.56 Å². The van der Waals surface area contributed by atoms with Crippen molar-refractivity contribution in [2.45, 2.75) is 6.42 Å². The third-order valence-electron chi connectivity index (χ3n) is 2.33. The van der Waals surface area contributed by atoms with Gasteiger partial charge in [0.2, 0.25) is 5.91 Å². The number of anilines is 1. The minimum atomic E-state index is -0.299. The van der Waals surface area contributed by atoms with E-state index in [2.05, 4.69) is 15.3 Å². The molecule has 0 saturated carbocycles. The van der Waals surface area contributed by atoms with E-state index in [-0.39, 0.29) is 28.3 Å². The van der Waals surface area contributed by atoms with E-state index < -0.39 is 0 Å². The molecule has 0 spiro atoms. The molecule has 4 nitrogen and oxygen atoms in total. The third-order valence-corrected chi connectivity index (χ3v) is 3.27.